The van der Waals surface area contributed by atoms with Gasteiger partial charge in [-0.15, -0.1) is 10.2 Å². The van der Waals surface area contributed by atoms with Crippen LogP contribution in [0.5, 0.6) is 0 Å². The lowest BCUT2D eigenvalue weighted by Crippen LogP contribution is -2.26. The highest BCUT2D eigenvalue weighted by Gasteiger charge is 2.30. The minimum absolute atomic E-state index is 0.172. The van der Waals surface area contributed by atoms with Crippen LogP contribution < -0.4 is 0 Å². The predicted molar refractivity (Wildman–Crippen MR) is 59.1 cm³/mol. The van der Waals surface area contributed by atoms with Crippen molar-refractivity contribution in [1.82, 2.24) is 14.8 Å². The lowest BCUT2D eigenvalue weighted by Gasteiger charge is -2.27. The molecule has 4 nitrogen and oxygen atoms in total. The van der Waals surface area contributed by atoms with Gasteiger partial charge in [-0.25, -0.2) is 0 Å². The van der Waals surface area contributed by atoms with E-state index < -0.39 is 0 Å². The van der Waals surface area contributed by atoms with Crippen LogP contribution >= 0.6 is 0 Å². The molecule has 0 saturated heterocycles. The first-order valence-electron chi connectivity index (χ1n) is 6.18. The highest BCUT2D eigenvalue weighted by atomic mass is 16.1. The zero-order valence-corrected chi connectivity index (χ0v) is 9.65. The van der Waals surface area contributed by atoms with Crippen LogP contribution in [-0.2, 0) is 17.8 Å². The molecule has 1 aromatic heterocycles. The van der Waals surface area contributed by atoms with Crippen LogP contribution in [0.1, 0.15) is 50.2 Å². The molecule has 0 bridgehead atoms. The van der Waals surface area contributed by atoms with Crippen LogP contribution in [0.2, 0.25) is 0 Å². The van der Waals surface area contributed by atoms with Crippen molar-refractivity contribution in [3.8, 4) is 0 Å². The number of rotatable bonds is 2. The molecule has 2 heterocycles. The molecule has 86 valence electrons. The maximum atomic E-state index is 11.4. The van der Waals surface area contributed by atoms with Crippen molar-refractivity contribution in [3.63, 3.8) is 0 Å². The van der Waals surface area contributed by atoms with Gasteiger partial charge < -0.3 is 4.57 Å². The first kappa shape index (κ1) is 10.00. The topological polar surface area (TPSA) is 47.8 Å². The average molecular weight is 219 g/mol. The van der Waals surface area contributed by atoms with Gasteiger partial charge in [-0.2, -0.15) is 0 Å². The molecule has 3 rings (SSSR count). The van der Waals surface area contributed by atoms with Crippen LogP contribution in [0.15, 0.2) is 0 Å². The van der Waals surface area contributed by atoms with Crippen LogP contribution in [-0.4, -0.2) is 20.5 Å². The van der Waals surface area contributed by atoms with Crippen molar-refractivity contribution in [2.45, 2.75) is 51.5 Å². The van der Waals surface area contributed by atoms with E-state index >= 15 is 0 Å². The Hall–Kier alpha value is -1.19. The Labute approximate surface area is 95.1 Å². The zero-order valence-electron chi connectivity index (χ0n) is 9.65. The quantitative estimate of drug-likeness (QED) is 0.760. The second kappa shape index (κ2) is 3.68. The molecule has 16 heavy (non-hydrogen) atoms. The van der Waals surface area contributed by atoms with Crippen molar-refractivity contribution in [1.29, 1.82) is 0 Å². The summed E-state index contributed by atoms with van der Waals surface area (Å²) < 4.78 is 2.25. The molecule has 0 aromatic carbocycles. The number of Topliss-reactive ketones (excluding diaryl/α,β-unsaturated/α-hetero) is 1. The van der Waals surface area contributed by atoms with Crippen molar-refractivity contribution in [3.05, 3.63) is 11.6 Å². The lowest BCUT2D eigenvalue weighted by molar-refractivity contribution is -0.121. The van der Waals surface area contributed by atoms with Crippen LogP contribution in [0.4, 0.5) is 0 Å². The summed E-state index contributed by atoms with van der Waals surface area (Å²) in [5.74, 6) is 3.29. The smallest absolute Gasteiger partial charge is 0.136 e. The van der Waals surface area contributed by atoms with Gasteiger partial charge in [0.05, 0.1) is 0 Å². The summed E-state index contributed by atoms with van der Waals surface area (Å²) in [4.78, 5) is 11.4. The number of ketones is 1. The molecule has 0 spiro atoms. The normalized spacial score (nSPS) is 24.9. The largest absolute Gasteiger partial charge is 0.315 e. The average Bonchev–Trinajstić information content (AvgIpc) is 2.59. The van der Waals surface area contributed by atoms with Crippen LogP contribution in [0.3, 0.4) is 0 Å². The second-order valence-corrected chi connectivity index (χ2v) is 5.05. The van der Waals surface area contributed by atoms with Gasteiger partial charge in [-0.1, -0.05) is 6.42 Å². The molecule has 1 atom stereocenters. The Morgan fingerprint density at radius 3 is 2.75 bits per heavy atom. The van der Waals surface area contributed by atoms with Gasteiger partial charge in [0.15, 0.2) is 0 Å². The molecule has 1 aliphatic heterocycles. The van der Waals surface area contributed by atoms with E-state index in [2.05, 4.69) is 14.8 Å². The summed E-state index contributed by atoms with van der Waals surface area (Å²) in [5.41, 5.74) is 0. The van der Waals surface area contributed by atoms with Gasteiger partial charge in [-0.05, 0) is 26.2 Å². The van der Waals surface area contributed by atoms with E-state index in [1.54, 1.807) is 6.92 Å². The van der Waals surface area contributed by atoms with Gasteiger partial charge in [0, 0.05) is 24.8 Å². The van der Waals surface area contributed by atoms with E-state index in [4.69, 9.17) is 0 Å². The molecule has 1 unspecified atom stereocenters. The molecule has 0 N–H and O–H groups in total. The van der Waals surface area contributed by atoms with Crippen molar-refractivity contribution in [2.24, 2.45) is 5.92 Å². The molecule has 0 radical (unpaired) electrons. The van der Waals surface area contributed by atoms with Crippen LogP contribution in [0.25, 0.3) is 0 Å². The summed E-state index contributed by atoms with van der Waals surface area (Å²) in [6.45, 7) is 2.61. The number of hydrogen-bond acceptors (Lipinski definition) is 3. The monoisotopic (exact) mass is 219 g/mol. The van der Waals surface area contributed by atoms with Crippen molar-refractivity contribution in [2.75, 3.05) is 0 Å². The van der Waals surface area contributed by atoms with Gasteiger partial charge >= 0.3 is 0 Å². The Balaban J connectivity index is 1.85. The Morgan fingerprint density at radius 2 is 2.12 bits per heavy atom. The third-order valence-corrected chi connectivity index (χ3v) is 4.03. The van der Waals surface area contributed by atoms with E-state index in [9.17, 15) is 4.79 Å². The van der Waals surface area contributed by atoms with Crippen molar-refractivity contribution >= 4 is 5.78 Å². The summed E-state index contributed by atoms with van der Waals surface area (Å²) >= 11 is 0. The van der Waals surface area contributed by atoms with E-state index in [0.29, 0.717) is 11.7 Å². The maximum Gasteiger partial charge on any atom is 0.136 e. The third kappa shape index (κ3) is 1.47. The summed E-state index contributed by atoms with van der Waals surface area (Å²) in [6.07, 6.45) is 5.58. The molecule has 4 heteroatoms. The third-order valence-electron chi connectivity index (χ3n) is 4.03. The molecular weight excluding hydrogens is 202 g/mol. The first-order valence-corrected chi connectivity index (χ1v) is 6.18. The Bertz CT molecular complexity index is 420. The lowest BCUT2D eigenvalue weighted by atomic mass is 9.84. The summed E-state index contributed by atoms with van der Waals surface area (Å²) in [6, 6.07) is 0. The number of aromatic nitrogens is 3. The number of fused-ring (bicyclic) bond motifs is 1. The molecule has 2 aliphatic rings. The molecule has 1 fully saturated rings. The minimum atomic E-state index is 0.172. The van der Waals surface area contributed by atoms with Gasteiger partial charge in [0.25, 0.3) is 0 Å². The predicted octanol–water partition coefficient (Wildman–Crippen LogP) is 1.70. The van der Waals surface area contributed by atoms with E-state index in [1.807, 2.05) is 0 Å². The van der Waals surface area contributed by atoms with Gasteiger partial charge in [0.2, 0.25) is 0 Å². The van der Waals surface area contributed by atoms with Gasteiger partial charge in [0.1, 0.15) is 17.4 Å². The zero-order chi connectivity index (χ0) is 11.1. The highest BCUT2D eigenvalue weighted by molar-refractivity contribution is 5.78. The standard InChI is InChI=1S/C12H17N3O/c1-8(16)10-5-6-15-11(7-10)13-14-12(15)9-3-2-4-9/h9-10H,2-7H2,1H3. The fourth-order valence-corrected chi connectivity index (χ4v) is 2.67. The molecule has 1 aromatic rings. The number of carbonyl (C=O) groups excluding carboxylic acids is 1. The summed E-state index contributed by atoms with van der Waals surface area (Å²) in [5, 5.41) is 8.57. The number of nitrogens with zero attached hydrogens (tertiary/aromatic N) is 3. The Morgan fingerprint density at radius 1 is 1.31 bits per heavy atom. The minimum Gasteiger partial charge on any atom is -0.315 e. The fourth-order valence-electron chi connectivity index (χ4n) is 2.67. The first-order chi connectivity index (χ1) is 7.75. The molecular formula is C12H17N3O. The number of carbonyl (C=O) groups is 1. The molecule has 1 saturated carbocycles. The number of hydrogen-bond donors (Lipinski definition) is 0. The second-order valence-electron chi connectivity index (χ2n) is 5.05. The van der Waals surface area contributed by atoms with Gasteiger partial charge in [-0.3, -0.25) is 4.79 Å². The van der Waals surface area contributed by atoms with Crippen molar-refractivity contribution < 1.29 is 4.79 Å². The van der Waals surface area contributed by atoms with E-state index in [0.717, 1.165) is 25.2 Å². The highest BCUT2D eigenvalue weighted by Crippen LogP contribution is 2.36. The fraction of sp³-hybridized carbons (Fsp3) is 0.750. The van der Waals surface area contributed by atoms with E-state index in [1.165, 1.54) is 25.1 Å². The maximum absolute atomic E-state index is 11.4. The van der Waals surface area contributed by atoms with Crippen LogP contribution in [0, 0.1) is 5.92 Å². The molecule has 0 amide bonds. The molecule has 1 aliphatic carbocycles. The SMILES string of the molecule is CC(=O)C1CCn2c(nnc2C2CCC2)C1. The Kier molecular flexibility index (Phi) is 2.30. The summed E-state index contributed by atoms with van der Waals surface area (Å²) in [7, 11) is 0. The van der Waals surface area contributed by atoms with E-state index in [-0.39, 0.29) is 5.92 Å².